The fourth-order valence-corrected chi connectivity index (χ4v) is 8.18. The molecule has 1 spiro atoms. The average Bonchev–Trinajstić information content (AvgIpc) is 2.95. The molecule has 0 aliphatic carbocycles. The van der Waals surface area contributed by atoms with E-state index in [1.165, 1.54) is 28.6 Å². The number of nitrogens with zero attached hydrogens (tertiary/aromatic N) is 3. The molecular weight excluding hydrogens is 571 g/mol. The zero-order chi connectivity index (χ0) is 29.3. The van der Waals surface area contributed by atoms with E-state index in [0.29, 0.717) is 19.4 Å². The number of benzene rings is 2. The third kappa shape index (κ3) is 6.45. The molecule has 0 bridgehead atoms. The number of nitrogens with one attached hydrogen (secondary N) is 1. The van der Waals surface area contributed by atoms with Gasteiger partial charge in [-0.2, -0.15) is 4.31 Å². The Morgan fingerprint density at radius 2 is 1.85 bits per heavy atom. The van der Waals surface area contributed by atoms with Gasteiger partial charge < -0.3 is 14.7 Å². The number of pyridine rings is 1. The van der Waals surface area contributed by atoms with Crippen molar-refractivity contribution in [3.05, 3.63) is 72.8 Å². The number of aliphatic hydroxyl groups excluding tert-OH is 1. The maximum absolute atomic E-state index is 14.4. The Bertz CT molecular complexity index is 1600. The highest BCUT2D eigenvalue weighted by Crippen LogP contribution is 2.38. The minimum absolute atomic E-state index is 0.0546. The van der Waals surface area contributed by atoms with Crippen LogP contribution in [0.2, 0.25) is 0 Å². The van der Waals surface area contributed by atoms with Gasteiger partial charge in [-0.3, -0.25) is 4.98 Å². The summed E-state index contributed by atoms with van der Waals surface area (Å²) in [6.45, 7) is 0.881. The molecule has 3 heterocycles. The van der Waals surface area contributed by atoms with E-state index in [9.17, 15) is 26.3 Å². The largest absolute Gasteiger partial charge is 0.492 e. The van der Waals surface area contributed by atoms with Crippen LogP contribution in [0.25, 0.3) is 11.1 Å². The second kappa shape index (κ2) is 11.7. The number of β-amino-alcohol motifs (C(OH)–C–C–N with tert-alkyl or cyclic N) is 1. The van der Waals surface area contributed by atoms with Crippen LogP contribution in [0.1, 0.15) is 12.8 Å². The van der Waals surface area contributed by atoms with E-state index in [4.69, 9.17) is 4.74 Å². The first-order valence-corrected chi connectivity index (χ1v) is 16.2. The van der Waals surface area contributed by atoms with Crippen molar-refractivity contribution >= 4 is 20.0 Å². The van der Waals surface area contributed by atoms with Gasteiger partial charge in [-0.1, -0.05) is 24.3 Å². The molecule has 0 amide bonds. The van der Waals surface area contributed by atoms with Gasteiger partial charge in [0.05, 0.1) is 12.7 Å². The molecule has 220 valence electrons. The molecule has 13 heteroatoms. The van der Waals surface area contributed by atoms with Crippen LogP contribution in [0, 0.1) is 11.2 Å². The van der Waals surface area contributed by atoms with Gasteiger partial charge in [0.25, 0.3) is 0 Å². The van der Waals surface area contributed by atoms with E-state index in [2.05, 4.69) is 9.71 Å². The average molecular weight is 605 g/mol. The standard InChI is InChI=1S/C28H33FN4O6S2/c1-32-18-23(34)17-31-40(35,36)27-9-8-21(22-5-4-12-30-16-22)15-25(27)39-20-28(19-32)10-13-33(14-11-28)41(37,38)26-7-3-2-6-24(26)29/h2-9,12,15-16,23,31,34H,10-11,13-14,17-20H2,1H3. The van der Waals surface area contributed by atoms with Crippen LogP contribution in [0.3, 0.4) is 0 Å². The van der Waals surface area contributed by atoms with Crippen molar-refractivity contribution in [2.24, 2.45) is 5.41 Å². The summed E-state index contributed by atoms with van der Waals surface area (Å²) >= 11 is 0. The summed E-state index contributed by atoms with van der Waals surface area (Å²) in [5.74, 6) is -0.649. The van der Waals surface area contributed by atoms with Gasteiger partial charge in [0, 0.05) is 56.1 Å². The molecule has 0 saturated carbocycles. The summed E-state index contributed by atoms with van der Waals surface area (Å²) in [6.07, 6.45) is 3.13. The SMILES string of the molecule is CN1CC(O)CNS(=O)(=O)c2ccc(-c3cccnc3)cc2OCC2(CCN(S(=O)(=O)c3ccccc3F)CC2)C1. The molecule has 1 atom stereocenters. The number of piperidine rings is 1. The van der Waals surface area contributed by atoms with E-state index in [1.807, 2.05) is 18.0 Å². The highest BCUT2D eigenvalue weighted by molar-refractivity contribution is 7.89. The molecule has 5 rings (SSSR count). The smallest absolute Gasteiger partial charge is 0.245 e. The molecule has 2 aliphatic rings. The Labute approximate surface area is 239 Å². The minimum atomic E-state index is -4.04. The summed E-state index contributed by atoms with van der Waals surface area (Å²) in [4.78, 5) is 5.63. The Kier molecular flexibility index (Phi) is 8.46. The van der Waals surface area contributed by atoms with Crippen molar-refractivity contribution in [2.45, 2.75) is 28.7 Å². The lowest BCUT2D eigenvalue weighted by Gasteiger charge is -2.43. The highest BCUT2D eigenvalue weighted by atomic mass is 32.2. The van der Waals surface area contributed by atoms with E-state index in [-0.39, 0.29) is 48.3 Å². The Morgan fingerprint density at radius 3 is 2.56 bits per heavy atom. The molecule has 2 N–H and O–H groups in total. The first-order valence-electron chi connectivity index (χ1n) is 13.3. The number of sulfonamides is 2. The number of hydrogen-bond donors (Lipinski definition) is 2. The third-order valence-corrected chi connectivity index (χ3v) is 11.0. The Balaban J connectivity index is 1.46. The molecule has 2 aromatic carbocycles. The van der Waals surface area contributed by atoms with E-state index in [0.717, 1.165) is 17.2 Å². The quantitative estimate of drug-likeness (QED) is 0.466. The van der Waals surface area contributed by atoms with Crippen molar-refractivity contribution in [2.75, 3.05) is 46.4 Å². The molecule has 3 aromatic rings. The van der Waals surface area contributed by atoms with Gasteiger partial charge in [0.1, 0.15) is 21.4 Å². The number of aromatic nitrogens is 1. The van der Waals surface area contributed by atoms with Crippen LogP contribution in [0.4, 0.5) is 4.39 Å². The fourth-order valence-electron chi connectivity index (χ4n) is 5.47. The number of aliphatic hydroxyl groups is 1. The van der Waals surface area contributed by atoms with Crippen molar-refractivity contribution < 1.29 is 31.1 Å². The monoisotopic (exact) mass is 604 g/mol. The molecule has 0 radical (unpaired) electrons. The molecule has 1 saturated heterocycles. The third-order valence-electron chi connectivity index (χ3n) is 7.64. The number of likely N-dealkylation sites (N-methyl/N-ethyl adjacent to an activating group) is 1. The van der Waals surface area contributed by atoms with Gasteiger partial charge in [-0.25, -0.2) is 25.9 Å². The zero-order valence-electron chi connectivity index (χ0n) is 22.6. The minimum Gasteiger partial charge on any atom is -0.492 e. The normalized spacial score (nSPS) is 22.2. The fraction of sp³-hybridized carbons (Fsp3) is 0.393. The van der Waals surface area contributed by atoms with Gasteiger partial charge in [0.15, 0.2) is 0 Å². The first kappa shape index (κ1) is 29.5. The van der Waals surface area contributed by atoms with Crippen LogP contribution in [0.15, 0.2) is 76.8 Å². The highest BCUT2D eigenvalue weighted by Gasteiger charge is 2.41. The van der Waals surface area contributed by atoms with Crippen molar-refractivity contribution in [3.63, 3.8) is 0 Å². The van der Waals surface area contributed by atoms with Crippen LogP contribution >= 0.6 is 0 Å². The lowest BCUT2D eigenvalue weighted by molar-refractivity contribution is 0.0318. The maximum atomic E-state index is 14.4. The summed E-state index contributed by atoms with van der Waals surface area (Å²) in [7, 11) is -6.23. The van der Waals surface area contributed by atoms with Crippen molar-refractivity contribution in [1.29, 1.82) is 0 Å². The summed E-state index contributed by atoms with van der Waals surface area (Å²) in [6, 6.07) is 13.8. The molecule has 10 nitrogen and oxygen atoms in total. The Morgan fingerprint density at radius 1 is 1.10 bits per heavy atom. The second-order valence-corrected chi connectivity index (χ2v) is 14.4. The molecule has 1 aromatic heterocycles. The van der Waals surface area contributed by atoms with Gasteiger partial charge in [0.2, 0.25) is 20.0 Å². The number of halogens is 1. The number of fused-ring (bicyclic) bond motifs is 1. The van der Waals surface area contributed by atoms with Gasteiger partial charge in [-0.15, -0.1) is 0 Å². The lowest BCUT2D eigenvalue weighted by atomic mass is 9.79. The summed E-state index contributed by atoms with van der Waals surface area (Å²) < 4.78 is 77.4. The predicted octanol–water partition coefficient (Wildman–Crippen LogP) is 2.32. The number of ether oxygens (including phenoxy) is 1. The molecule has 1 fully saturated rings. The summed E-state index contributed by atoms with van der Waals surface area (Å²) in [5.41, 5.74) is 0.941. The molecule has 41 heavy (non-hydrogen) atoms. The number of rotatable bonds is 3. The van der Waals surface area contributed by atoms with Crippen LogP contribution in [0.5, 0.6) is 5.75 Å². The molecular formula is C28H33FN4O6S2. The van der Waals surface area contributed by atoms with E-state index < -0.39 is 37.4 Å². The maximum Gasteiger partial charge on any atom is 0.245 e. The van der Waals surface area contributed by atoms with Crippen molar-refractivity contribution in [3.8, 4) is 16.9 Å². The van der Waals surface area contributed by atoms with Crippen LogP contribution in [-0.4, -0.2) is 88.6 Å². The number of hydrogen-bond acceptors (Lipinski definition) is 8. The summed E-state index contributed by atoms with van der Waals surface area (Å²) in [5, 5.41) is 10.6. The molecule has 1 unspecified atom stereocenters. The lowest BCUT2D eigenvalue weighted by Crippen LogP contribution is -2.51. The van der Waals surface area contributed by atoms with E-state index in [1.54, 1.807) is 30.6 Å². The van der Waals surface area contributed by atoms with Gasteiger partial charge >= 0.3 is 0 Å². The first-order chi connectivity index (χ1) is 19.5. The van der Waals surface area contributed by atoms with E-state index >= 15 is 0 Å². The topological polar surface area (TPSA) is 129 Å². The van der Waals surface area contributed by atoms with Crippen molar-refractivity contribution in [1.82, 2.24) is 18.9 Å². The predicted molar refractivity (Wildman–Crippen MR) is 151 cm³/mol. The molecule has 2 aliphatic heterocycles. The Hall–Kier alpha value is -2.94. The van der Waals surface area contributed by atoms with Crippen LogP contribution < -0.4 is 9.46 Å². The second-order valence-electron chi connectivity index (χ2n) is 10.7. The van der Waals surface area contributed by atoms with Crippen LogP contribution in [-0.2, 0) is 20.0 Å². The zero-order valence-corrected chi connectivity index (χ0v) is 24.2. The van der Waals surface area contributed by atoms with Gasteiger partial charge in [-0.05, 0) is 55.8 Å².